The van der Waals surface area contributed by atoms with E-state index in [1.54, 1.807) is 31.5 Å². The number of nitrogens with zero attached hydrogens (tertiary/aromatic N) is 2. The number of H-pyrrole nitrogens is 1. The van der Waals surface area contributed by atoms with E-state index in [1.807, 2.05) is 6.07 Å². The average molecular weight is 363 g/mol. The average Bonchev–Trinajstić information content (AvgIpc) is 3.15. The molecule has 0 bridgehead atoms. The molecule has 0 radical (unpaired) electrons. The van der Waals surface area contributed by atoms with Gasteiger partial charge in [0.1, 0.15) is 5.75 Å². The molecule has 7 heteroatoms. The van der Waals surface area contributed by atoms with E-state index < -0.39 is 0 Å². The summed E-state index contributed by atoms with van der Waals surface area (Å²) in [6, 6.07) is 7.22. The van der Waals surface area contributed by atoms with E-state index in [-0.39, 0.29) is 5.91 Å². The molecule has 6 nitrogen and oxygen atoms in total. The second kappa shape index (κ2) is 8.36. The normalized spacial score (nSPS) is 18.1. The largest absolute Gasteiger partial charge is 0.495 e. The molecule has 1 fully saturated rings. The molecular weight excluding hydrogens is 340 g/mol. The zero-order valence-corrected chi connectivity index (χ0v) is 15.1. The number of hydrogen-bond acceptors (Lipinski definition) is 4. The summed E-state index contributed by atoms with van der Waals surface area (Å²) in [4.78, 5) is 14.6. The maximum Gasteiger partial charge on any atom is 0.225 e. The van der Waals surface area contributed by atoms with E-state index in [1.165, 1.54) is 5.69 Å². The van der Waals surface area contributed by atoms with Crippen LogP contribution in [0.1, 0.15) is 30.9 Å². The van der Waals surface area contributed by atoms with E-state index >= 15 is 0 Å². The first-order valence-corrected chi connectivity index (χ1v) is 8.88. The molecule has 25 heavy (non-hydrogen) atoms. The van der Waals surface area contributed by atoms with E-state index in [2.05, 4.69) is 20.4 Å². The number of benzene rings is 1. The molecule has 1 aliphatic heterocycles. The first-order chi connectivity index (χ1) is 12.2. The Balaban J connectivity index is 1.51. The molecule has 1 aromatic heterocycles. The minimum Gasteiger partial charge on any atom is -0.495 e. The number of rotatable bonds is 6. The van der Waals surface area contributed by atoms with Gasteiger partial charge >= 0.3 is 0 Å². The molecule has 2 N–H and O–H groups in total. The Morgan fingerprint density at radius 1 is 1.48 bits per heavy atom. The van der Waals surface area contributed by atoms with Crippen molar-refractivity contribution in [3.05, 3.63) is 41.2 Å². The maximum absolute atomic E-state index is 12.3. The Bertz CT molecular complexity index is 705. The smallest absolute Gasteiger partial charge is 0.225 e. The number of likely N-dealkylation sites (tertiary alicyclic amines) is 1. The van der Waals surface area contributed by atoms with Gasteiger partial charge in [0.15, 0.2) is 0 Å². The van der Waals surface area contributed by atoms with E-state index in [0.29, 0.717) is 28.8 Å². The molecule has 1 aliphatic rings. The number of carbonyl (C=O) groups is 1. The highest BCUT2D eigenvalue weighted by molar-refractivity contribution is 6.31. The summed E-state index contributed by atoms with van der Waals surface area (Å²) >= 11 is 6.00. The quantitative estimate of drug-likeness (QED) is 0.827. The summed E-state index contributed by atoms with van der Waals surface area (Å²) in [6.07, 6.45) is 4.52. The van der Waals surface area contributed by atoms with Crippen molar-refractivity contribution in [3.8, 4) is 5.75 Å². The maximum atomic E-state index is 12.3. The van der Waals surface area contributed by atoms with Crippen molar-refractivity contribution in [2.45, 2.75) is 25.2 Å². The van der Waals surface area contributed by atoms with Gasteiger partial charge in [-0.2, -0.15) is 5.10 Å². The zero-order chi connectivity index (χ0) is 17.6. The minimum absolute atomic E-state index is 0.0377. The molecular formula is C18H23ClN4O2. The molecule has 1 amide bonds. The predicted octanol–water partition coefficient (Wildman–Crippen LogP) is 3.28. The van der Waals surface area contributed by atoms with Crippen LogP contribution in [-0.2, 0) is 4.79 Å². The molecule has 134 valence electrons. The van der Waals surface area contributed by atoms with Crippen LogP contribution in [0.15, 0.2) is 30.5 Å². The Morgan fingerprint density at radius 3 is 3.12 bits per heavy atom. The summed E-state index contributed by atoms with van der Waals surface area (Å²) in [5.41, 5.74) is 1.78. The van der Waals surface area contributed by atoms with Crippen molar-refractivity contribution in [1.29, 1.82) is 0 Å². The third kappa shape index (κ3) is 4.74. The highest BCUT2D eigenvalue weighted by Gasteiger charge is 2.22. The molecule has 1 saturated heterocycles. The SMILES string of the molecule is COc1ccc(Cl)cc1NC(=O)CCN1CCC[C@H](c2ccn[nH]2)C1. The third-order valence-electron chi connectivity index (χ3n) is 4.56. The lowest BCUT2D eigenvalue weighted by molar-refractivity contribution is -0.116. The van der Waals surface area contributed by atoms with Crippen LogP contribution in [0.4, 0.5) is 5.69 Å². The van der Waals surface area contributed by atoms with Crippen molar-refractivity contribution in [2.24, 2.45) is 0 Å². The van der Waals surface area contributed by atoms with Crippen LogP contribution in [0.25, 0.3) is 0 Å². The van der Waals surface area contributed by atoms with Gasteiger partial charge in [-0.25, -0.2) is 0 Å². The molecule has 1 aromatic carbocycles. The number of aromatic amines is 1. The Labute approximate surface area is 152 Å². The molecule has 0 aliphatic carbocycles. The number of amides is 1. The summed E-state index contributed by atoms with van der Waals surface area (Å²) < 4.78 is 5.26. The summed E-state index contributed by atoms with van der Waals surface area (Å²) in [7, 11) is 1.57. The number of halogens is 1. The summed E-state index contributed by atoms with van der Waals surface area (Å²) in [5.74, 6) is 1.03. The number of anilines is 1. The number of aromatic nitrogens is 2. The fourth-order valence-corrected chi connectivity index (χ4v) is 3.43. The van der Waals surface area contributed by atoms with Gasteiger partial charge in [0.25, 0.3) is 0 Å². The van der Waals surface area contributed by atoms with Crippen molar-refractivity contribution in [1.82, 2.24) is 15.1 Å². The molecule has 1 atom stereocenters. The van der Waals surface area contributed by atoms with Gasteiger partial charge in [-0.15, -0.1) is 0 Å². The Kier molecular flexibility index (Phi) is 5.94. The van der Waals surface area contributed by atoms with Crippen molar-refractivity contribution in [3.63, 3.8) is 0 Å². The highest BCUT2D eigenvalue weighted by atomic mass is 35.5. The fourth-order valence-electron chi connectivity index (χ4n) is 3.26. The van der Waals surface area contributed by atoms with Crippen LogP contribution in [0, 0.1) is 0 Å². The van der Waals surface area contributed by atoms with Gasteiger partial charge in [-0.05, 0) is 43.7 Å². The lowest BCUT2D eigenvalue weighted by Gasteiger charge is -2.32. The summed E-state index contributed by atoms with van der Waals surface area (Å²) in [6.45, 7) is 2.72. The molecule has 2 heterocycles. The lowest BCUT2D eigenvalue weighted by atomic mass is 9.95. The Morgan fingerprint density at radius 2 is 2.36 bits per heavy atom. The van der Waals surface area contributed by atoms with Gasteiger partial charge in [0.05, 0.1) is 12.8 Å². The third-order valence-corrected chi connectivity index (χ3v) is 4.79. The van der Waals surface area contributed by atoms with Crippen molar-refractivity contribution in [2.75, 3.05) is 32.1 Å². The van der Waals surface area contributed by atoms with Crippen LogP contribution in [0.5, 0.6) is 5.75 Å². The molecule has 0 unspecified atom stereocenters. The van der Waals surface area contributed by atoms with Crippen LogP contribution < -0.4 is 10.1 Å². The topological polar surface area (TPSA) is 70.2 Å². The van der Waals surface area contributed by atoms with Crippen LogP contribution in [0.3, 0.4) is 0 Å². The van der Waals surface area contributed by atoms with Gasteiger partial charge in [-0.3, -0.25) is 9.89 Å². The van der Waals surface area contributed by atoms with Gasteiger partial charge in [0.2, 0.25) is 5.91 Å². The number of hydrogen-bond donors (Lipinski definition) is 2. The molecule has 0 saturated carbocycles. The fraction of sp³-hybridized carbons (Fsp3) is 0.444. The molecule has 3 rings (SSSR count). The van der Waals surface area contributed by atoms with Crippen molar-refractivity contribution < 1.29 is 9.53 Å². The molecule has 2 aromatic rings. The zero-order valence-electron chi connectivity index (χ0n) is 14.3. The number of piperidine rings is 1. The number of methoxy groups -OCH3 is 1. The molecule has 0 spiro atoms. The second-order valence-corrected chi connectivity index (χ2v) is 6.73. The lowest BCUT2D eigenvalue weighted by Crippen LogP contribution is -2.36. The number of ether oxygens (including phenoxy) is 1. The first kappa shape index (κ1) is 17.8. The van der Waals surface area contributed by atoms with Crippen LogP contribution >= 0.6 is 11.6 Å². The van der Waals surface area contributed by atoms with E-state index in [0.717, 1.165) is 32.5 Å². The van der Waals surface area contributed by atoms with E-state index in [4.69, 9.17) is 16.3 Å². The minimum atomic E-state index is -0.0377. The predicted molar refractivity (Wildman–Crippen MR) is 98.3 cm³/mol. The van der Waals surface area contributed by atoms with Gasteiger partial charge in [0, 0.05) is 42.3 Å². The monoisotopic (exact) mass is 362 g/mol. The summed E-state index contributed by atoms with van der Waals surface area (Å²) in [5, 5.41) is 10.6. The van der Waals surface area contributed by atoms with Gasteiger partial charge in [-0.1, -0.05) is 11.6 Å². The Hall–Kier alpha value is -2.05. The second-order valence-electron chi connectivity index (χ2n) is 6.29. The highest BCUT2D eigenvalue weighted by Crippen LogP contribution is 2.28. The number of nitrogens with one attached hydrogen (secondary N) is 2. The van der Waals surface area contributed by atoms with Crippen LogP contribution in [0.2, 0.25) is 5.02 Å². The van der Waals surface area contributed by atoms with E-state index in [9.17, 15) is 4.79 Å². The number of carbonyl (C=O) groups excluding carboxylic acids is 1. The standard InChI is InChI=1S/C18H23ClN4O2/c1-25-17-5-4-14(19)11-16(17)21-18(24)7-10-23-9-2-3-13(12-23)15-6-8-20-22-15/h4-6,8,11,13H,2-3,7,9-10,12H2,1H3,(H,20,22)(H,21,24)/t13-/m0/s1. The van der Waals surface area contributed by atoms with Crippen molar-refractivity contribution >= 4 is 23.2 Å². The first-order valence-electron chi connectivity index (χ1n) is 8.50. The van der Waals surface area contributed by atoms with Gasteiger partial charge < -0.3 is 15.0 Å². The van der Waals surface area contributed by atoms with Crippen LogP contribution in [-0.4, -0.2) is 47.7 Å².